The van der Waals surface area contributed by atoms with Crippen LogP contribution in [0.4, 0.5) is 0 Å². The Morgan fingerprint density at radius 2 is 2.00 bits per heavy atom. The first kappa shape index (κ1) is 19.0. The topological polar surface area (TPSA) is 64.4 Å². The molecule has 0 spiro atoms. The van der Waals surface area contributed by atoms with Crippen LogP contribution in [0.3, 0.4) is 0 Å². The predicted octanol–water partition coefficient (Wildman–Crippen LogP) is 3.42. The molecule has 6 nitrogen and oxygen atoms in total. The van der Waals surface area contributed by atoms with Crippen molar-refractivity contribution in [2.45, 2.75) is 17.4 Å². The summed E-state index contributed by atoms with van der Waals surface area (Å²) in [6.45, 7) is 0.660. The molecule has 8 heteroatoms. The molecule has 0 fully saturated rings. The van der Waals surface area contributed by atoms with Crippen molar-refractivity contribution in [1.82, 2.24) is 14.1 Å². The van der Waals surface area contributed by atoms with Gasteiger partial charge in [-0.3, -0.25) is 4.68 Å². The van der Waals surface area contributed by atoms with Gasteiger partial charge in [-0.15, -0.1) is 0 Å². The first-order valence-electron chi connectivity index (χ1n) is 8.80. The number of hydrogen-bond acceptors (Lipinski definition) is 4. The number of ether oxygens (including phenoxy) is 1. The Labute approximate surface area is 169 Å². The maximum Gasteiger partial charge on any atom is 0.243 e. The molecule has 1 atom stereocenters. The third kappa shape index (κ3) is 3.30. The highest BCUT2D eigenvalue weighted by molar-refractivity contribution is 7.89. The summed E-state index contributed by atoms with van der Waals surface area (Å²) >= 11 is 6.16. The molecule has 2 aromatic carbocycles. The van der Waals surface area contributed by atoms with Crippen LogP contribution in [0.25, 0.3) is 0 Å². The maximum absolute atomic E-state index is 13.3. The molecular weight excluding hydrogens is 398 g/mol. The van der Waals surface area contributed by atoms with Crippen molar-refractivity contribution in [2.75, 3.05) is 13.7 Å². The van der Waals surface area contributed by atoms with E-state index in [1.807, 2.05) is 31.4 Å². The van der Waals surface area contributed by atoms with Crippen LogP contribution in [-0.4, -0.2) is 36.2 Å². The minimum absolute atomic E-state index is 0.0813. The van der Waals surface area contributed by atoms with Crippen LogP contribution in [0.15, 0.2) is 59.8 Å². The van der Waals surface area contributed by atoms with E-state index >= 15 is 0 Å². The molecule has 1 aliphatic heterocycles. The molecule has 1 unspecified atom stereocenters. The second kappa shape index (κ2) is 7.24. The molecule has 0 saturated heterocycles. The van der Waals surface area contributed by atoms with E-state index in [0.717, 1.165) is 16.7 Å². The Hall–Kier alpha value is -2.35. The van der Waals surface area contributed by atoms with Crippen molar-refractivity contribution < 1.29 is 13.2 Å². The Morgan fingerprint density at radius 3 is 2.68 bits per heavy atom. The lowest BCUT2D eigenvalue weighted by Crippen LogP contribution is -2.38. The number of methoxy groups -OCH3 is 1. The van der Waals surface area contributed by atoms with E-state index in [9.17, 15) is 8.42 Å². The van der Waals surface area contributed by atoms with Crippen molar-refractivity contribution in [2.24, 2.45) is 7.05 Å². The lowest BCUT2D eigenvalue weighted by atomic mass is 9.87. The van der Waals surface area contributed by atoms with E-state index in [-0.39, 0.29) is 15.8 Å². The van der Waals surface area contributed by atoms with Crippen LogP contribution >= 0.6 is 11.6 Å². The lowest BCUT2D eigenvalue weighted by molar-refractivity contribution is 0.371. The van der Waals surface area contributed by atoms with Gasteiger partial charge in [-0.05, 0) is 34.9 Å². The number of benzene rings is 2. The molecule has 1 aromatic heterocycles. The molecule has 0 amide bonds. The molecule has 1 aliphatic rings. The number of nitrogens with zero attached hydrogens (tertiary/aromatic N) is 3. The largest absolute Gasteiger partial charge is 0.495 e. The normalized spacial score (nSPS) is 17.3. The predicted molar refractivity (Wildman–Crippen MR) is 107 cm³/mol. The fraction of sp³-hybridized carbons (Fsp3) is 0.250. The molecular formula is C20H20ClN3O3S. The molecule has 0 radical (unpaired) electrons. The van der Waals surface area contributed by atoms with E-state index < -0.39 is 10.0 Å². The molecule has 2 heterocycles. The maximum atomic E-state index is 13.3. The highest BCUT2D eigenvalue weighted by Crippen LogP contribution is 2.36. The molecule has 0 N–H and O–H groups in total. The van der Waals surface area contributed by atoms with Gasteiger partial charge in [0.2, 0.25) is 10.0 Å². The van der Waals surface area contributed by atoms with E-state index in [0.29, 0.717) is 18.8 Å². The smallest absolute Gasteiger partial charge is 0.243 e. The van der Waals surface area contributed by atoms with Crippen LogP contribution in [-0.2, 0) is 23.6 Å². The molecule has 146 valence electrons. The molecule has 3 aromatic rings. The van der Waals surface area contributed by atoms with Gasteiger partial charge in [0.1, 0.15) is 5.75 Å². The zero-order valence-electron chi connectivity index (χ0n) is 15.5. The summed E-state index contributed by atoms with van der Waals surface area (Å²) in [6.07, 6.45) is 3.73. The van der Waals surface area contributed by atoms with Crippen molar-refractivity contribution in [3.63, 3.8) is 0 Å². The number of halogens is 1. The van der Waals surface area contributed by atoms with Gasteiger partial charge >= 0.3 is 0 Å². The highest BCUT2D eigenvalue weighted by atomic mass is 35.5. The quantitative estimate of drug-likeness (QED) is 0.652. The first-order valence-corrected chi connectivity index (χ1v) is 10.6. The van der Waals surface area contributed by atoms with Gasteiger partial charge in [0.25, 0.3) is 0 Å². The van der Waals surface area contributed by atoms with Gasteiger partial charge in [-0.25, -0.2) is 8.42 Å². The summed E-state index contributed by atoms with van der Waals surface area (Å²) in [7, 11) is -0.371. The van der Waals surface area contributed by atoms with E-state index in [1.54, 1.807) is 16.9 Å². The highest BCUT2D eigenvalue weighted by Gasteiger charge is 2.34. The van der Waals surface area contributed by atoms with Gasteiger partial charge in [0.05, 0.1) is 23.2 Å². The van der Waals surface area contributed by atoms with Crippen molar-refractivity contribution in [3.8, 4) is 5.75 Å². The fourth-order valence-electron chi connectivity index (χ4n) is 3.62. The standard InChI is InChI=1S/C20H20ClN3O3S/c1-23-11-15(10-22-23)18-13-24(12-14-5-3-4-6-17(14)18)28(25,26)16-7-8-20(27-2)19(21)9-16/h3-11,18H,12-13H2,1-2H3. The summed E-state index contributed by atoms with van der Waals surface area (Å²) in [5, 5.41) is 4.53. The van der Waals surface area contributed by atoms with E-state index in [2.05, 4.69) is 11.2 Å². The number of hydrogen-bond donors (Lipinski definition) is 0. The zero-order valence-corrected chi connectivity index (χ0v) is 17.1. The summed E-state index contributed by atoms with van der Waals surface area (Å²) in [5.41, 5.74) is 3.11. The number of sulfonamides is 1. The van der Waals surface area contributed by atoms with Gasteiger partial charge in [-0.2, -0.15) is 9.40 Å². The number of aromatic nitrogens is 2. The molecule has 0 saturated carbocycles. The minimum Gasteiger partial charge on any atom is -0.495 e. The summed E-state index contributed by atoms with van der Waals surface area (Å²) < 4.78 is 35.0. The molecule has 0 aliphatic carbocycles. The summed E-state index contributed by atoms with van der Waals surface area (Å²) in [6, 6.07) is 12.5. The average Bonchev–Trinajstić information content (AvgIpc) is 3.13. The Kier molecular flexibility index (Phi) is 4.91. The Morgan fingerprint density at radius 1 is 1.21 bits per heavy atom. The third-order valence-corrected chi connectivity index (χ3v) is 7.15. The third-order valence-electron chi connectivity index (χ3n) is 5.05. The number of rotatable bonds is 4. The van der Waals surface area contributed by atoms with Crippen molar-refractivity contribution in [3.05, 3.63) is 76.6 Å². The van der Waals surface area contributed by atoms with Gasteiger partial charge < -0.3 is 4.74 Å². The van der Waals surface area contributed by atoms with Crippen LogP contribution in [0.1, 0.15) is 22.6 Å². The lowest BCUT2D eigenvalue weighted by Gasteiger charge is -2.33. The van der Waals surface area contributed by atoms with Crippen LogP contribution in [0.5, 0.6) is 5.75 Å². The zero-order chi connectivity index (χ0) is 19.9. The molecule has 4 rings (SSSR count). The van der Waals surface area contributed by atoms with Crippen LogP contribution in [0.2, 0.25) is 5.02 Å². The van der Waals surface area contributed by atoms with Crippen LogP contribution in [0, 0.1) is 0 Å². The van der Waals surface area contributed by atoms with Gasteiger partial charge in [0.15, 0.2) is 0 Å². The van der Waals surface area contributed by atoms with E-state index in [4.69, 9.17) is 16.3 Å². The summed E-state index contributed by atoms with van der Waals surface area (Å²) in [4.78, 5) is 0.155. The fourth-order valence-corrected chi connectivity index (χ4v) is 5.40. The van der Waals surface area contributed by atoms with Gasteiger partial charge in [0, 0.05) is 32.3 Å². The summed E-state index contributed by atoms with van der Waals surface area (Å²) in [5.74, 6) is 0.361. The average molecular weight is 418 g/mol. The second-order valence-corrected chi connectivity index (χ2v) is 9.14. The number of fused-ring (bicyclic) bond motifs is 1. The van der Waals surface area contributed by atoms with Crippen molar-refractivity contribution >= 4 is 21.6 Å². The van der Waals surface area contributed by atoms with Crippen LogP contribution < -0.4 is 4.74 Å². The first-order chi connectivity index (χ1) is 13.4. The molecule has 0 bridgehead atoms. The minimum atomic E-state index is -3.72. The van der Waals surface area contributed by atoms with Crippen molar-refractivity contribution in [1.29, 1.82) is 0 Å². The number of aryl methyl sites for hydroxylation is 1. The molecule has 28 heavy (non-hydrogen) atoms. The monoisotopic (exact) mass is 417 g/mol. The Balaban J connectivity index is 1.75. The van der Waals surface area contributed by atoms with E-state index in [1.165, 1.54) is 23.5 Å². The van der Waals surface area contributed by atoms with Gasteiger partial charge in [-0.1, -0.05) is 35.9 Å². The SMILES string of the molecule is COc1ccc(S(=O)(=O)N2Cc3ccccc3C(c3cnn(C)c3)C2)cc1Cl. The second-order valence-electron chi connectivity index (χ2n) is 6.79. The Bertz CT molecular complexity index is 1130.